The van der Waals surface area contributed by atoms with Crippen molar-refractivity contribution < 1.29 is 37.7 Å². The second-order valence-electron chi connectivity index (χ2n) is 15.5. The molecule has 0 saturated carbocycles. The van der Waals surface area contributed by atoms with Crippen molar-refractivity contribution >= 4 is 18.0 Å². The number of ether oxygens (including phenoxy) is 4. The fraction of sp³-hybridized carbons (Fsp3) is 0.615. The predicted octanol–water partition coefficient (Wildman–Crippen LogP) is 7.45. The molecule has 3 heterocycles. The number of esters is 1. The van der Waals surface area contributed by atoms with Gasteiger partial charge >= 0.3 is 12.1 Å². The van der Waals surface area contributed by atoms with Crippen LogP contribution in [0, 0.1) is 26.6 Å². The first-order chi connectivity index (χ1) is 22.9. The van der Waals surface area contributed by atoms with E-state index in [1.54, 1.807) is 11.8 Å². The van der Waals surface area contributed by atoms with Crippen LogP contribution >= 0.6 is 0 Å². The van der Waals surface area contributed by atoms with Crippen molar-refractivity contribution in [2.75, 3.05) is 26.3 Å². The first-order valence-electron chi connectivity index (χ1n) is 17.6. The van der Waals surface area contributed by atoms with Crippen LogP contribution in [0.4, 0.5) is 9.18 Å². The molecule has 0 aliphatic carbocycles. The van der Waals surface area contributed by atoms with Gasteiger partial charge in [0.05, 0.1) is 25.2 Å². The average molecular weight is 681 g/mol. The van der Waals surface area contributed by atoms with Crippen LogP contribution < -0.4 is 4.74 Å². The highest BCUT2D eigenvalue weighted by Crippen LogP contribution is 2.47. The Morgan fingerprint density at radius 2 is 1.65 bits per heavy atom. The third-order valence-electron chi connectivity index (χ3n) is 9.79. The maximum Gasteiger partial charge on any atom is 0.410 e. The number of likely N-dealkylation sites (tertiary alicyclic amines) is 1. The minimum Gasteiger partial charge on any atom is -0.490 e. The number of hydrogen-bond donors (Lipinski definition) is 0. The Bertz CT molecular complexity index is 1630. The number of piperidine rings is 1. The molecule has 1 fully saturated rings. The summed E-state index contributed by atoms with van der Waals surface area (Å²) in [4.78, 5) is 44.0. The van der Waals surface area contributed by atoms with Gasteiger partial charge in [0.1, 0.15) is 5.60 Å². The van der Waals surface area contributed by atoms with Crippen molar-refractivity contribution in [3.05, 3.63) is 50.8 Å². The number of carbonyl (C=O) groups is 3. The number of halogens is 1. The first kappa shape index (κ1) is 36.6. The Labute approximate surface area is 290 Å². The van der Waals surface area contributed by atoms with Gasteiger partial charge in [0.15, 0.2) is 17.7 Å². The number of benzene rings is 2. The number of nitrogens with zero attached hydrogens (tertiary/aromatic N) is 2. The van der Waals surface area contributed by atoms with Gasteiger partial charge in [-0.05, 0) is 140 Å². The maximum absolute atomic E-state index is 15.8. The zero-order chi connectivity index (χ0) is 36.0. The van der Waals surface area contributed by atoms with Crippen LogP contribution in [0.2, 0.25) is 0 Å². The molecular weight excluding hydrogens is 627 g/mol. The molecule has 3 aliphatic rings. The van der Waals surface area contributed by atoms with Gasteiger partial charge in [-0.25, -0.2) is 14.0 Å². The van der Waals surface area contributed by atoms with Gasteiger partial charge in [-0.3, -0.25) is 4.79 Å². The highest BCUT2D eigenvalue weighted by atomic mass is 19.1. The van der Waals surface area contributed by atoms with Crippen LogP contribution in [0.5, 0.6) is 5.75 Å². The lowest BCUT2D eigenvalue weighted by molar-refractivity contribution is -0.166. The summed E-state index contributed by atoms with van der Waals surface area (Å²) < 4.78 is 39.3. The van der Waals surface area contributed by atoms with Crippen molar-refractivity contribution in [1.82, 2.24) is 9.80 Å². The number of rotatable bonds is 6. The van der Waals surface area contributed by atoms with Gasteiger partial charge in [0.2, 0.25) is 5.91 Å². The largest absolute Gasteiger partial charge is 0.490 e. The molecule has 0 bridgehead atoms. The summed E-state index contributed by atoms with van der Waals surface area (Å²) in [6.07, 6.45) is 1.49. The number of hydrogen-bond acceptors (Lipinski definition) is 7. The maximum atomic E-state index is 15.8. The van der Waals surface area contributed by atoms with Crippen molar-refractivity contribution in [2.45, 2.75) is 131 Å². The Kier molecular flexibility index (Phi) is 10.4. The van der Waals surface area contributed by atoms with E-state index in [-0.39, 0.29) is 31.1 Å². The molecule has 0 radical (unpaired) electrons. The van der Waals surface area contributed by atoms with E-state index in [0.29, 0.717) is 62.4 Å². The standard InChI is InChI=1S/C39H53FN2O7/c1-11-46-36(44)35(48-38(5,6)7)33-23(3)27-20-31(43)42(25-14-16-41(17-15-25)37(45)49-39(8,9)10)21-29(27)24(4)32(33)28-19-30(40)34-26(22(28)2)13-12-18-47-34/h19,25,35H,11-18,20-21H2,1-10H3/t35-/m0/s1. The summed E-state index contributed by atoms with van der Waals surface area (Å²) in [5, 5.41) is 0. The van der Waals surface area contributed by atoms with Crippen molar-refractivity contribution in [1.29, 1.82) is 0 Å². The van der Waals surface area contributed by atoms with E-state index in [1.807, 2.05) is 67.2 Å². The molecule has 5 rings (SSSR count). The fourth-order valence-electron chi connectivity index (χ4n) is 7.53. The second kappa shape index (κ2) is 13.9. The predicted molar refractivity (Wildman–Crippen MR) is 185 cm³/mol. The topological polar surface area (TPSA) is 94.6 Å². The summed E-state index contributed by atoms with van der Waals surface area (Å²) in [6.45, 7) is 20.9. The number of fused-ring (bicyclic) bond motifs is 2. The summed E-state index contributed by atoms with van der Waals surface area (Å²) in [5.41, 5.74) is 5.99. The lowest BCUT2D eigenvalue weighted by Crippen LogP contribution is -2.51. The molecule has 1 atom stereocenters. The molecule has 0 N–H and O–H groups in total. The molecule has 9 nitrogen and oxygen atoms in total. The quantitative estimate of drug-likeness (QED) is 0.293. The van der Waals surface area contributed by atoms with Crippen molar-refractivity contribution in [3.8, 4) is 16.9 Å². The molecule has 268 valence electrons. The van der Waals surface area contributed by atoms with Crippen LogP contribution in [0.25, 0.3) is 11.1 Å². The van der Waals surface area contributed by atoms with Crippen LogP contribution in [-0.2, 0) is 43.2 Å². The molecule has 2 aromatic carbocycles. The lowest BCUT2D eigenvalue weighted by Gasteiger charge is -2.42. The minimum absolute atomic E-state index is 0.00185. The van der Waals surface area contributed by atoms with Gasteiger partial charge in [-0.15, -0.1) is 0 Å². The molecule has 0 spiro atoms. The highest BCUT2D eigenvalue weighted by Gasteiger charge is 2.40. The fourth-order valence-corrected chi connectivity index (χ4v) is 7.53. The lowest BCUT2D eigenvalue weighted by atomic mass is 9.78. The Morgan fingerprint density at radius 1 is 0.980 bits per heavy atom. The van der Waals surface area contributed by atoms with Gasteiger partial charge in [-0.2, -0.15) is 0 Å². The molecular formula is C39H53FN2O7. The summed E-state index contributed by atoms with van der Waals surface area (Å²) in [5.74, 6) is -0.666. The molecule has 49 heavy (non-hydrogen) atoms. The monoisotopic (exact) mass is 680 g/mol. The molecule has 0 unspecified atom stereocenters. The van der Waals surface area contributed by atoms with E-state index < -0.39 is 29.1 Å². The zero-order valence-corrected chi connectivity index (χ0v) is 30.9. The first-order valence-corrected chi connectivity index (χ1v) is 17.6. The average Bonchev–Trinajstić information content (AvgIpc) is 3.02. The molecule has 0 aromatic heterocycles. The van der Waals surface area contributed by atoms with Crippen LogP contribution in [0.3, 0.4) is 0 Å². The van der Waals surface area contributed by atoms with Crippen molar-refractivity contribution in [3.63, 3.8) is 0 Å². The molecule has 3 aliphatic heterocycles. The number of carbonyl (C=O) groups excluding carboxylic acids is 3. The SMILES string of the molecule is CCOC(=O)[C@@H](OC(C)(C)C)c1c(C)c2c(c(C)c1-c1cc(F)c3c(c1C)CCCO3)CN(C1CCN(C(=O)OC(C)(C)C)CC1)C(=O)C2. The smallest absolute Gasteiger partial charge is 0.410 e. The third-order valence-corrected chi connectivity index (χ3v) is 9.79. The minimum atomic E-state index is -1.10. The highest BCUT2D eigenvalue weighted by molar-refractivity contribution is 5.89. The number of amides is 2. The van der Waals surface area contributed by atoms with E-state index >= 15 is 4.39 Å². The Hall–Kier alpha value is -3.66. The molecule has 2 aromatic rings. The van der Waals surface area contributed by atoms with Crippen LogP contribution in [0.1, 0.15) is 113 Å². The molecule has 10 heteroatoms. The van der Waals surface area contributed by atoms with Crippen LogP contribution in [-0.4, -0.2) is 71.3 Å². The molecule has 2 amide bonds. The van der Waals surface area contributed by atoms with E-state index in [1.165, 1.54) is 6.07 Å². The Morgan fingerprint density at radius 3 is 2.27 bits per heavy atom. The van der Waals surface area contributed by atoms with E-state index in [4.69, 9.17) is 18.9 Å². The van der Waals surface area contributed by atoms with Gasteiger partial charge in [0, 0.05) is 36.8 Å². The normalized spacial score (nSPS) is 17.7. The van der Waals surface area contributed by atoms with Gasteiger partial charge in [0.25, 0.3) is 0 Å². The van der Waals surface area contributed by atoms with E-state index in [0.717, 1.165) is 45.4 Å². The van der Waals surface area contributed by atoms with Crippen molar-refractivity contribution in [2.24, 2.45) is 0 Å². The zero-order valence-electron chi connectivity index (χ0n) is 30.9. The van der Waals surface area contributed by atoms with E-state index in [9.17, 15) is 14.4 Å². The van der Waals surface area contributed by atoms with Gasteiger partial charge < -0.3 is 28.7 Å². The Balaban J connectivity index is 1.62. The van der Waals surface area contributed by atoms with E-state index in [2.05, 4.69) is 0 Å². The van der Waals surface area contributed by atoms with Crippen LogP contribution in [0.15, 0.2) is 6.07 Å². The van der Waals surface area contributed by atoms with Gasteiger partial charge in [-0.1, -0.05) is 0 Å². The second-order valence-corrected chi connectivity index (χ2v) is 15.5. The summed E-state index contributed by atoms with van der Waals surface area (Å²) >= 11 is 0. The molecule has 1 saturated heterocycles. The summed E-state index contributed by atoms with van der Waals surface area (Å²) in [7, 11) is 0. The third kappa shape index (κ3) is 7.59. The summed E-state index contributed by atoms with van der Waals surface area (Å²) in [6, 6.07) is 1.48.